The number of benzene rings is 2. The van der Waals surface area contributed by atoms with Gasteiger partial charge < -0.3 is 14.6 Å². The molecular formula is C13H7BrFNO3. The lowest BCUT2D eigenvalue weighted by atomic mass is 10.2. The number of nitrogens with zero attached hydrogens (tertiary/aromatic N) is 1. The Kier molecular flexibility index (Phi) is 2.67. The van der Waals surface area contributed by atoms with E-state index in [1.54, 1.807) is 6.07 Å². The number of hydrogen-bond donors (Lipinski definition) is 2. The van der Waals surface area contributed by atoms with Crippen molar-refractivity contribution in [3.63, 3.8) is 0 Å². The van der Waals surface area contributed by atoms with Crippen molar-refractivity contribution in [2.24, 2.45) is 0 Å². The zero-order valence-electron chi connectivity index (χ0n) is 9.39. The van der Waals surface area contributed by atoms with Gasteiger partial charge in [-0.15, -0.1) is 0 Å². The number of oxazole rings is 1. The molecule has 2 N–H and O–H groups in total. The second kappa shape index (κ2) is 4.24. The van der Waals surface area contributed by atoms with Crippen molar-refractivity contribution in [1.29, 1.82) is 0 Å². The number of fused-ring (bicyclic) bond motifs is 1. The molecule has 0 amide bonds. The zero-order chi connectivity index (χ0) is 13.6. The molecule has 0 bridgehead atoms. The van der Waals surface area contributed by atoms with Gasteiger partial charge >= 0.3 is 0 Å². The second-order valence-corrected chi connectivity index (χ2v) is 4.81. The number of aromatic nitrogens is 1. The summed E-state index contributed by atoms with van der Waals surface area (Å²) in [5, 5.41) is 18.7. The predicted octanol–water partition coefficient (Wildman–Crippen LogP) is 3.81. The summed E-state index contributed by atoms with van der Waals surface area (Å²) in [5.41, 5.74) is 1.33. The van der Waals surface area contributed by atoms with Crippen LogP contribution in [0.3, 0.4) is 0 Å². The van der Waals surface area contributed by atoms with Crippen molar-refractivity contribution >= 4 is 27.0 Å². The van der Waals surface area contributed by atoms with Gasteiger partial charge in [-0.1, -0.05) is 0 Å². The normalized spacial score (nSPS) is 11.1. The van der Waals surface area contributed by atoms with E-state index >= 15 is 0 Å². The van der Waals surface area contributed by atoms with Crippen LogP contribution in [0.4, 0.5) is 4.39 Å². The van der Waals surface area contributed by atoms with Crippen LogP contribution in [0.5, 0.6) is 11.5 Å². The summed E-state index contributed by atoms with van der Waals surface area (Å²) in [6.45, 7) is 0. The molecule has 0 aliphatic rings. The average molecular weight is 324 g/mol. The topological polar surface area (TPSA) is 66.5 Å². The van der Waals surface area contributed by atoms with Crippen LogP contribution >= 0.6 is 15.9 Å². The molecule has 0 fully saturated rings. The molecule has 0 spiro atoms. The van der Waals surface area contributed by atoms with Crippen LogP contribution in [-0.2, 0) is 0 Å². The zero-order valence-corrected chi connectivity index (χ0v) is 11.0. The molecule has 1 aromatic heterocycles. The van der Waals surface area contributed by atoms with Crippen molar-refractivity contribution in [2.75, 3.05) is 0 Å². The molecule has 0 radical (unpaired) electrons. The van der Waals surface area contributed by atoms with Crippen LogP contribution in [0.2, 0.25) is 0 Å². The Morgan fingerprint density at radius 2 is 1.89 bits per heavy atom. The third kappa shape index (κ3) is 2.04. The van der Waals surface area contributed by atoms with Crippen molar-refractivity contribution < 1.29 is 19.0 Å². The average Bonchev–Trinajstić information content (AvgIpc) is 2.76. The Balaban J connectivity index is 2.17. The van der Waals surface area contributed by atoms with Gasteiger partial charge in [-0.3, -0.25) is 0 Å². The van der Waals surface area contributed by atoms with Gasteiger partial charge in [0.15, 0.2) is 17.1 Å². The Bertz CT molecular complexity index is 746. The van der Waals surface area contributed by atoms with Crippen molar-refractivity contribution in [3.8, 4) is 23.0 Å². The molecule has 3 aromatic rings. The largest absolute Gasteiger partial charge is 0.507 e. The fourth-order valence-electron chi connectivity index (χ4n) is 1.70. The van der Waals surface area contributed by atoms with Crippen molar-refractivity contribution in [2.45, 2.75) is 0 Å². The van der Waals surface area contributed by atoms with E-state index in [-0.39, 0.29) is 11.6 Å². The first-order valence-electron chi connectivity index (χ1n) is 5.32. The van der Waals surface area contributed by atoms with Gasteiger partial charge in [0.2, 0.25) is 5.89 Å². The molecule has 2 aromatic carbocycles. The molecule has 3 rings (SSSR count). The number of phenols is 2. The Morgan fingerprint density at radius 3 is 2.63 bits per heavy atom. The van der Waals surface area contributed by atoms with Crippen LogP contribution in [0.25, 0.3) is 22.6 Å². The highest BCUT2D eigenvalue weighted by molar-refractivity contribution is 9.10. The molecule has 19 heavy (non-hydrogen) atoms. The van der Waals surface area contributed by atoms with Crippen molar-refractivity contribution in [3.05, 3.63) is 40.6 Å². The predicted molar refractivity (Wildman–Crippen MR) is 70.4 cm³/mol. The molecule has 0 saturated carbocycles. The van der Waals surface area contributed by atoms with Gasteiger partial charge in [0.05, 0.1) is 4.47 Å². The van der Waals surface area contributed by atoms with Gasteiger partial charge in [0, 0.05) is 17.7 Å². The van der Waals surface area contributed by atoms with E-state index in [1.807, 2.05) is 0 Å². The minimum atomic E-state index is -0.746. The summed E-state index contributed by atoms with van der Waals surface area (Å²) in [7, 11) is 0. The standard InChI is InChI=1S/C13H7BrFNO3/c14-7-4-12-9(5-11(7)18)16-13(19-12)6-1-2-10(17)8(15)3-6/h1-5,17-18H. The minimum absolute atomic E-state index is 0.0456. The highest BCUT2D eigenvalue weighted by Gasteiger charge is 2.12. The van der Waals surface area contributed by atoms with Crippen LogP contribution in [0.15, 0.2) is 39.2 Å². The molecule has 0 aliphatic carbocycles. The number of rotatable bonds is 1. The van der Waals surface area contributed by atoms with E-state index < -0.39 is 11.6 Å². The third-order valence-corrected chi connectivity index (χ3v) is 3.29. The number of halogens is 2. The van der Waals surface area contributed by atoms with Gasteiger partial charge in [-0.25, -0.2) is 9.37 Å². The first kappa shape index (κ1) is 12.0. The van der Waals surface area contributed by atoms with E-state index in [2.05, 4.69) is 20.9 Å². The molecule has 4 nitrogen and oxygen atoms in total. The van der Waals surface area contributed by atoms with Crippen LogP contribution in [-0.4, -0.2) is 15.2 Å². The smallest absolute Gasteiger partial charge is 0.227 e. The monoisotopic (exact) mass is 323 g/mol. The van der Waals surface area contributed by atoms with E-state index in [9.17, 15) is 9.50 Å². The quantitative estimate of drug-likeness (QED) is 0.714. The van der Waals surface area contributed by atoms with Crippen LogP contribution in [0.1, 0.15) is 0 Å². The maximum atomic E-state index is 13.3. The summed E-state index contributed by atoms with van der Waals surface area (Å²) in [5.74, 6) is -0.917. The highest BCUT2D eigenvalue weighted by atomic mass is 79.9. The van der Waals surface area contributed by atoms with Crippen LogP contribution in [0, 0.1) is 5.82 Å². The minimum Gasteiger partial charge on any atom is -0.507 e. The lowest BCUT2D eigenvalue weighted by molar-refractivity contribution is 0.432. The maximum absolute atomic E-state index is 13.3. The van der Waals surface area contributed by atoms with E-state index in [4.69, 9.17) is 9.52 Å². The van der Waals surface area contributed by atoms with Crippen LogP contribution < -0.4 is 0 Å². The molecule has 0 saturated heterocycles. The molecule has 96 valence electrons. The highest BCUT2D eigenvalue weighted by Crippen LogP contribution is 2.32. The van der Waals surface area contributed by atoms with Gasteiger partial charge in [-0.2, -0.15) is 0 Å². The first-order chi connectivity index (χ1) is 9.04. The molecule has 6 heteroatoms. The summed E-state index contributed by atoms with van der Waals surface area (Å²) in [6, 6.07) is 6.89. The Labute approximate surface area is 115 Å². The maximum Gasteiger partial charge on any atom is 0.227 e. The third-order valence-electron chi connectivity index (χ3n) is 2.65. The Morgan fingerprint density at radius 1 is 1.11 bits per heavy atom. The number of hydrogen-bond acceptors (Lipinski definition) is 4. The lowest BCUT2D eigenvalue weighted by Crippen LogP contribution is -1.80. The molecule has 0 atom stereocenters. The first-order valence-corrected chi connectivity index (χ1v) is 6.12. The molecule has 1 heterocycles. The van der Waals surface area contributed by atoms with E-state index in [0.717, 1.165) is 6.07 Å². The van der Waals surface area contributed by atoms with E-state index in [1.165, 1.54) is 18.2 Å². The van der Waals surface area contributed by atoms with Gasteiger partial charge in [-0.05, 0) is 34.1 Å². The molecule has 0 aliphatic heterocycles. The van der Waals surface area contributed by atoms with Crippen molar-refractivity contribution in [1.82, 2.24) is 4.98 Å². The number of aromatic hydroxyl groups is 2. The second-order valence-electron chi connectivity index (χ2n) is 3.96. The lowest BCUT2D eigenvalue weighted by Gasteiger charge is -1.97. The molecule has 0 unspecified atom stereocenters. The summed E-state index contributed by atoms with van der Waals surface area (Å²) in [6.07, 6.45) is 0. The Hall–Kier alpha value is -2.08. The van der Waals surface area contributed by atoms with E-state index in [0.29, 0.717) is 21.1 Å². The summed E-state index contributed by atoms with van der Waals surface area (Å²) >= 11 is 3.17. The van der Waals surface area contributed by atoms with Gasteiger partial charge in [0.25, 0.3) is 0 Å². The summed E-state index contributed by atoms with van der Waals surface area (Å²) in [4.78, 5) is 4.16. The molecular weight excluding hydrogens is 317 g/mol. The fourth-order valence-corrected chi connectivity index (χ4v) is 2.02. The number of phenolic OH excluding ortho intramolecular Hbond substituents is 2. The van der Waals surface area contributed by atoms with Gasteiger partial charge in [0.1, 0.15) is 11.3 Å². The fraction of sp³-hybridized carbons (Fsp3) is 0. The SMILES string of the molecule is Oc1ccc(-c2nc3cc(O)c(Br)cc3o2)cc1F. The summed E-state index contributed by atoms with van der Waals surface area (Å²) < 4.78 is 19.3.